The number of nitrogens with zero attached hydrogens (tertiary/aromatic N) is 2. The number of esters is 1. The molecular weight excluding hydrogens is 452 g/mol. The minimum absolute atomic E-state index is 0.303. The molecule has 0 bridgehead atoms. The monoisotopic (exact) mass is 476 g/mol. The first-order valence-corrected chi connectivity index (χ1v) is 11.8. The van der Waals surface area contributed by atoms with E-state index >= 15 is 0 Å². The van der Waals surface area contributed by atoms with E-state index in [9.17, 15) is 4.79 Å². The maximum atomic E-state index is 12.5. The van der Waals surface area contributed by atoms with Gasteiger partial charge in [0.15, 0.2) is 5.11 Å². The number of ether oxygens (including phenoxy) is 1. The van der Waals surface area contributed by atoms with E-state index in [0.717, 1.165) is 16.1 Å². The number of hydrogen-bond acceptors (Lipinski definition) is 5. The van der Waals surface area contributed by atoms with E-state index in [4.69, 9.17) is 17.0 Å². The van der Waals surface area contributed by atoms with Gasteiger partial charge in [0.1, 0.15) is 5.00 Å². The van der Waals surface area contributed by atoms with E-state index in [1.807, 2.05) is 59.4 Å². The van der Waals surface area contributed by atoms with Gasteiger partial charge in [-0.15, -0.1) is 11.3 Å². The third-order valence-electron chi connectivity index (χ3n) is 5.00. The van der Waals surface area contributed by atoms with Gasteiger partial charge in [0, 0.05) is 11.1 Å². The molecule has 2 aromatic heterocycles. The Balaban J connectivity index is 1.48. The molecule has 0 aliphatic heterocycles. The third-order valence-corrected chi connectivity index (χ3v) is 6.30. The first-order chi connectivity index (χ1) is 16.0. The molecule has 2 aromatic carbocycles. The highest BCUT2D eigenvalue weighted by molar-refractivity contribution is 7.80. The molecule has 0 spiro atoms. The Hall–Kier alpha value is -3.49. The summed E-state index contributed by atoms with van der Waals surface area (Å²) >= 11 is 6.96. The molecule has 33 heavy (non-hydrogen) atoms. The zero-order valence-electron chi connectivity index (χ0n) is 18.4. The van der Waals surface area contributed by atoms with Crippen molar-refractivity contribution in [3.63, 3.8) is 0 Å². The Bertz CT molecular complexity index is 1260. The third kappa shape index (κ3) is 5.66. The van der Waals surface area contributed by atoms with Gasteiger partial charge in [0.05, 0.1) is 30.6 Å². The number of nitrogens with one attached hydrogen (secondary N) is 2. The number of rotatable bonds is 7. The second kappa shape index (κ2) is 10.4. The van der Waals surface area contributed by atoms with Crippen LogP contribution < -0.4 is 10.6 Å². The van der Waals surface area contributed by atoms with Crippen LogP contribution in [0.2, 0.25) is 0 Å². The summed E-state index contributed by atoms with van der Waals surface area (Å²) in [7, 11) is 0. The Labute approximate surface area is 202 Å². The molecule has 0 unspecified atom stereocenters. The van der Waals surface area contributed by atoms with Crippen LogP contribution in [0.5, 0.6) is 0 Å². The summed E-state index contributed by atoms with van der Waals surface area (Å²) in [5.41, 5.74) is 4.67. The van der Waals surface area contributed by atoms with Crippen LogP contribution in [-0.4, -0.2) is 27.5 Å². The van der Waals surface area contributed by atoms with Crippen molar-refractivity contribution in [1.82, 2.24) is 9.78 Å². The number of thiophene rings is 1. The first kappa shape index (κ1) is 22.7. The molecule has 8 heteroatoms. The highest BCUT2D eigenvalue weighted by Crippen LogP contribution is 2.36. The molecule has 168 valence electrons. The van der Waals surface area contributed by atoms with Gasteiger partial charge < -0.3 is 15.4 Å². The number of anilines is 2. The normalized spacial score (nSPS) is 10.6. The van der Waals surface area contributed by atoms with Gasteiger partial charge >= 0.3 is 5.97 Å². The van der Waals surface area contributed by atoms with Gasteiger partial charge in [-0.05, 0) is 48.8 Å². The molecule has 0 radical (unpaired) electrons. The molecule has 4 rings (SSSR count). The van der Waals surface area contributed by atoms with Crippen molar-refractivity contribution in [2.75, 3.05) is 17.2 Å². The van der Waals surface area contributed by atoms with E-state index in [0.29, 0.717) is 28.8 Å². The van der Waals surface area contributed by atoms with Crippen molar-refractivity contribution in [2.45, 2.75) is 20.4 Å². The molecule has 4 aromatic rings. The number of carbonyl (C=O) groups is 1. The Morgan fingerprint density at radius 2 is 1.88 bits per heavy atom. The van der Waals surface area contributed by atoms with Crippen molar-refractivity contribution in [2.24, 2.45) is 0 Å². The van der Waals surface area contributed by atoms with E-state index in [2.05, 4.69) is 34.8 Å². The summed E-state index contributed by atoms with van der Waals surface area (Å²) < 4.78 is 7.10. The lowest BCUT2D eigenvalue weighted by Crippen LogP contribution is -2.19. The predicted octanol–water partition coefficient (Wildman–Crippen LogP) is 5.95. The molecule has 0 atom stereocenters. The maximum absolute atomic E-state index is 12.5. The maximum Gasteiger partial charge on any atom is 0.341 e. The summed E-state index contributed by atoms with van der Waals surface area (Å²) in [4.78, 5) is 13.5. The van der Waals surface area contributed by atoms with Crippen molar-refractivity contribution < 1.29 is 9.53 Å². The summed E-state index contributed by atoms with van der Waals surface area (Å²) in [6, 6.07) is 20.0. The standard InChI is InChI=1S/C25H24N4O2S2/c1-3-31-24(30)21-13-22(18-10-5-4-6-11-18)33-23(21)28-25(32)27-20-14-26-29(16-20)15-19-12-8-7-9-17(19)2/h4-14,16H,3,15H2,1-2H3,(H2,27,28,32). The van der Waals surface area contributed by atoms with Crippen LogP contribution in [0.1, 0.15) is 28.4 Å². The van der Waals surface area contributed by atoms with Crippen molar-refractivity contribution in [3.8, 4) is 10.4 Å². The SMILES string of the molecule is CCOC(=O)c1cc(-c2ccccc2)sc1NC(=S)Nc1cnn(Cc2ccccc2C)c1. The van der Waals surface area contributed by atoms with Crippen LogP contribution in [0.25, 0.3) is 10.4 Å². The largest absolute Gasteiger partial charge is 0.462 e. The molecule has 0 aliphatic rings. The Morgan fingerprint density at radius 1 is 1.12 bits per heavy atom. The smallest absolute Gasteiger partial charge is 0.341 e. The highest BCUT2D eigenvalue weighted by atomic mass is 32.1. The molecule has 2 N–H and O–H groups in total. The van der Waals surface area contributed by atoms with Crippen molar-refractivity contribution in [1.29, 1.82) is 0 Å². The summed E-state index contributed by atoms with van der Waals surface area (Å²) in [6.45, 7) is 4.85. The number of carbonyl (C=O) groups excluding carboxylic acids is 1. The number of thiocarbonyl (C=S) groups is 1. The zero-order chi connectivity index (χ0) is 23.2. The van der Waals surface area contributed by atoms with Crippen LogP contribution in [0.4, 0.5) is 10.7 Å². The molecule has 6 nitrogen and oxygen atoms in total. The fourth-order valence-corrected chi connectivity index (χ4v) is 4.67. The Kier molecular flexibility index (Phi) is 7.16. The summed E-state index contributed by atoms with van der Waals surface area (Å²) in [6.07, 6.45) is 3.62. The highest BCUT2D eigenvalue weighted by Gasteiger charge is 2.19. The lowest BCUT2D eigenvalue weighted by molar-refractivity contribution is 0.0528. The number of hydrogen-bond donors (Lipinski definition) is 2. The molecule has 0 aliphatic carbocycles. The molecule has 0 saturated carbocycles. The molecule has 0 saturated heterocycles. The second-order valence-electron chi connectivity index (χ2n) is 7.37. The van der Waals surface area contributed by atoms with E-state index in [-0.39, 0.29) is 5.97 Å². The van der Waals surface area contributed by atoms with Crippen molar-refractivity contribution in [3.05, 3.63) is 89.7 Å². The van der Waals surface area contributed by atoms with Gasteiger partial charge in [-0.1, -0.05) is 54.6 Å². The van der Waals surface area contributed by atoms with Crippen LogP contribution in [0.15, 0.2) is 73.1 Å². The van der Waals surface area contributed by atoms with Gasteiger partial charge in [-0.2, -0.15) is 5.10 Å². The molecule has 0 amide bonds. The minimum Gasteiger partial charge on any atom is -0.462 e. The molecular formula is C25H24N4O2S2. The van der Waals surface area contributed by atoms with Crippen LogP contribution >= 0.6 is 23.6 Å². The van der Waals surface area contributed by atoms with E-state index < -0.39 is 0 Å². The summed E-state index contributed by atoms with van der Waals surface area (Å²) in [5, 5.41) is 11.7. The fraction of sp³-hybridized carbons (Fsp3) is 0.160. The quantitative estimate of drug-likeness (QED) is 0.254. The lowest BCUT2D eigenvalue weighted by atomic mass is 10.1. The average Bonchev–Trinajstić information content (AvgIpc) is 3.43. The predicted molar refractivity (Wildman–Crippen MR) is 138 cm³/mol. The number of benzene rings is 2. The van der Waals surface area contributed by atoms with E-state index in [1.54, 1.807) is 13.1 Å². The topological polar surface area (TPSA) is 68.2 Å². The number of aromatic nitrogens is 2. The number of aryl methyl sites for hydroxylation is 1. The first-order valence-electron chi connectivity index (χ1n) is 10.5. The van der Waals surface area contributed by atoms with Crippen LogP contribution in [0.3, 0.4) is 0 Å². The van der Waals surface area contributed by atoms with Crippen LogP contribution in [-0.2, 0) is 11.3 Å². The fourth-order valence-electron chi connectivity index (χ4n) is 3.33. The Morgan fingerprint density at radius 3 is 2.64 bits per heavy atom. The zero-order valence-corrected chi connectivity index (χ0v) is 20.0. The molecule has 0 fully saturated rings. The summed E-state index contributed by atoms with van der Waals surface area (Å²) in [5.74, 6) is -0.382. The lowest BCUT2D eigenvalue weighted by Gasteiger charge is -2.09. The minimum atomic E-state index is -0.382. The van der Waals surface area contributed by atoms with Gasteiger partial charge in [0.2, 0.25) is 0 Å². The second-order valence-corrected chi connectivity index (χ2v) is 8.83. The van der Waals surface area contributed by atoms with Gasteiger partial charge in [-0.25, -0.2) is 4.79 Å². The van der Waals surface area contributed by atoms with E-state index in [1.165, 1.54) is 22.5 Å². The average molecular weight is 477 g/mol. The molecule has 2 heterocycles. The van der Waals surface area contributed by atoms with Crippen molar-refractivity contribution >= 4 is 45.3 Å². The van der Waals surface area contributed by atoms with Crippen LogP contribution in [0, 0.1) is 6.92 Å². The van der Waals surface area contributed by atoms with Gasteiger partial charge in [-0.3, -0.25) is 4.68 Å². The van der Waals surface area contributed by atoms with Gasteiger partial charge in [0.25, 0.3) is 0 Å².